The molecule has 0 aromatic rings. The molecular formula is C2H6Na4O7S2. The van der Waals surface area contributed by atoms with Crippen molar-refractivity contribution in [2.24, 2.45) is 0 Å². The van der Waals surface area contributed by atoms with E-state index < -0.39 is 31.4 Å². The summed E-state index contributed by atoms with van der Waals surface area (Å²) in [7, 11) is -9.42. The molecule has 0 aromatic carbocycles. The van der Waals surface area contributed by atoms with E-state index in [4.69, 9.17) is 14.2 Å². The fourth-order valence-corrected chi connectivity index (χ4v) is 1.83. The van der Waals surface area contributed by atoms with E-state index >= 15 is 0 Å². The molecule has 72 valence electrons. The van der Waals surface area contributed by atoms with Crippen molar-refractivity contribution in [3.63, 3.8) is 0 Å². The van der Waals surface area contributed by atoms with E-state index in [1.165, 1.54) is 0 Å². The summed E-state index contributed by atoms with van der Waals surface area (Å²) in [4.78, 5) is 0. The van der Waals surface area contributed by atoms with E-state index in [1.807, 2.05) is 0 Å². The van der Waals surface area contributed by atoms with Gasteiger partial charge in [-0.3, -0.25) is 9.11 Å². The monoisotopic (exact) mass is 298 g/mol. The Morgan fingerprint density at radius 3 is 1.20 bits per heavy atom. The first-order chi connectivity index (χ1) is 4.63. The minimum absolute atomic E-state index is 0. The van der Waals surface area contributed by atoms with Crippen LogP contribution in [0.1, 0.15) is 0 Å². The van der Waals surface area contributed by atoms with Crippen LogP contribution in [-0.4, -0.2) is 160 Å². The molecule has 0 rings (SSSR count). The first-order valence-electron chi connectivity index (χ1n) is 2.22. The van der Waals surface area contributed by atoms with Gasteiger partial charge in [0.2, 0.25) is 0 Å². The molecule has 0 heterocycles. The second-order valence-electron chi connectivity index (χ2n) is 1.72. The van der Waals surface area contributed by atoms with Crippen LogP contribution >= 0.6 is 0 Å². The topological polar surface area (TPSA) is 129 Å². The average molecular weight is 298 g/mol. The Morgan fingerprint density at radius 2 is 1.13 bits per heavy atom. The van der Waals surface area contributed by atoms with E-state index in [0.29, 0.717) is 0 Å². The summed E-state index contributed by atoms with van der Waals surface area (Å²) in [5, 5.41) is 8.34. The molecule has 1 unspecified atom stereocenters. The van der Waals surface area contributed by atoms with Crippen molar-refractivity contribution in [1.29, 1.82) is 0 Å². The van der Waals surface area contributed by atoms with Crippen LogP contribution in [0.15, 0.2) is 0 Å². The number of rotatable bonds is 3. The Balaban J connectivity index is -0.0000000833. The second kappa shape index (κ2) is 12.8. The van der Waals surface area contributed by atoms with Crippen molar-refractivity contribution in [2.45, 2.75) is 5.44 Å². The molecule has 0 aliphatic carbocycles. The predicted octanol–water partition coefficient (Wildman–Crippen LogP) is -3.44. The summed E-state index contributed by atoms with van der Waals surface area (Å²) in [5.74, 6) is -1.44. The molecule has 0 fully saturated rings. The molecule has 0 saturated heterocycles. The zero-order valence-electron chi connectivity index (χ0n) is 9.08. The van der Waals surface area contributed by atoms with E-state index in [0.717, 1.165) is 0 Å². The quantitative estimate of drug-likeness (QED) is 0.365. The van der Waals surface area contributed by atoms with Gasteiger partial charge in [-0.25, -0.2) is 0 Å². The van der Waals surface area contributed by atoms with Gasteiger partial charge >= 0.3 is 0 Å². The van der Waals surface area contributed by atoms with Crippen LogP contribution in [0.25, 0.3) is 0 Å². The molecule has 0 saturated carbocycles. The Labute approximate surface area is 177 Å². The molecule has 0 aliphatic rings. The van der Waals surface area contributed by atoms with Crippen molar-refractivity contribution < 1.29 is 31.0 Å². The third kappa shape index (κ3) is 20.3. The maximum Gasteiger partial charge on any atom is 0.293 e. The summed E-state index contributed by atoms with van der Waals surface area (Å²) in [5.41, 5.74) is -2.50. The van der Waals surface area contributed by atoms with Crippen LogP contribution in [0.4, 0.5) is 0 Å². The van der Waals surface area contributed by atoms with Crippen LogP contribution in [0, 0.1) is 0 Å². The molecule has 1 atom stereocenters. The third-order valence-electron chi connectivity index (χ3n) is 0.697. The van der Waals surface area contributed by atoms with Crippen molar-refractivity contribution in [3.8, 4) is 0 Å². The largest absolute Gasteiger partial charge is 0.374 e. The number of hydrogen-bond acceptors (Lipinski definition) is 5. The molecule has 3 N–H and O–H groups in total. The summed E-state index contributed by atoms with van der Waals surface area (Å²) in [6.45, 7) is 0. The van der Waals surface area contributed by atoms with E-state index in [1.54, 1.807) is 0 Å². The van der Waals surface area contributed by atoms with Crippen LogP contribution in [0.2, 0.25) is 0 Å². The third-order valence-corrected chi connectivity index (χ3v) is 2.50. The maximum atomic E-state index is 9.94. The Kier molecular flexibility index (Phi) is 26.7. The van der Waals surface area contributed by atoms with E-state index in [-0.39, 0.29) is 118 Å². The summed E-state index contributed by atoms with van der Waals surface area (Å²) < 4.78 is 55.7. The van der Waals surface area contributed by atoms with Gasteiger partial charge in [-0.2, -0.15) is 16.8 Å². The number of hydrogen-bond donors (Lipinski definition) is 3. The molecule has 0 aromatic heterocycles. The molecule has 0 amide bonds. The van der Waals surface area contributed by atoms with Gasteiger partial charge in [-0.1, -0.05) is 0 Å². The van der Waals surface area contributed by atoms with Crippen molar-refractivity contribution in [2.75, 3.05) is 5.75 Å². The SMILES string of the molecule is O=S(=O)(O)CC(O)S(=O)(=O)O.[Na].[Na].[Na].[Na]. The standard InChI is InChI=1S/C2H6O7S2.4Na/c3-2(11(7,8)9)1-10(4,5)6;;;;/h2-3H,1H2,(H,4,5,6)(H,7,8,9);;;;. The normalized spacial score (nSPS) is 11.9. The van der Waals surface area contributed by atoms with E-state index in [2.05, 4.69) is 0 Å². The van der Waals surface area contributed by atoms with Gasteiger partial charge in [-0.15, -0.1) is 0 Å². The van der Waals surface area contributed by atoms with Gasteiger partial charge < -0.3 is 5.11 Å². The fourth-order valence-electron chi connectivity index (χ4n) is 0.266. The average Bonchev–Trinajstić information content (AvgIpc) is 1.56. The van der Waals surface area contributed by atoms with Gasteiger partial charge in [0.15, 0.2) is 5.44 Å². The Morgan fingerprint density at radius 1 is 0.867 bits per heavy atom. The van der Waals surface area contributed by atoms with Crippen LogP contribution in [0.5, 0.6) is 0 Å². The van der Waals surface area contributed by atoms with Gasteiger partial charge in [-0.05, 0) is 0 Å². The Bertz CT molecular complexity index is 321. The fraction of sp³-hybridized carbons (Fsp3) is 1.00. The first kappa shape index (κ1) is 31.3. The first-order valence-corrected chi connectivity index (χ1v) is 5.34. The smallest absolute Gasteiger partial charge is 0.293 e. The predicted molar refractivity (Wildman–Crippen MR) is 57.0 cm³/mol. The van der Waals surface area contributed by atoms with Crippen LogP contribution < -0.4 is 0 Å². The molecule has 4 radical (unpaired) electrons. The molecule has 0 bridgehead atoms. The van der Waals surface area contributed by atoms with Gasteiger partial charge in [0, 0.05) is 118 Å². The van der Waals surface area contributed by atoms with Gasteiger partial charge in [0.1, 0.15) is 5.75 Å². The van der Waals surface area contributed by atoms with Gasteiger partial charge in [0.25, 0.3) is 20.2 Å². The second-order valence-corrected chi connectivity index (χ2v) is 4.79. The van der Waals surface area contributed by atoms with Crippen molar-refractivity contribution >= 4 is 138 Å². The van der Waals surface area contributed by atoms with E-state index in [9.17, 15) is 16.8 Å². The number of aliphatic hydroxyl groups excluding tert-OH is 1. The number of aliphatic hydroxyl groups is 1. The maximum absolute atomic E-state index is 9.94. The molecule has 15 heavy (non-hydrogen) atoms. The van der Waals surface area contributed by atoms with Gasteiger partial charge in [0.05, 0.1) is 0 Å². The summed E-state index contributed by atoms with van der Waals surface area (Å²) in [6, 6.07) is 0. The van der Waals surface area contributed by atoms with Crippen LogP contribution in [-0.2, 0) is 20.2 Å². The molecule has 7 nitrogen and oxygen atoms in total. The Hall–Kier alpha value is 3.78. The molecule has 0 spiro atoms. The minimum atomic E-state index is -4.82. The van der Waals surface area contributed by atoms with Crippen molar-refractivity contribution in [3.05, 3.63) is 0 Å². The van der Waals surface area contributed by atoms with Crippen molar-refractivity contribution in [1.82, 2.24) is 0 Å². The molecule has 13 heteroatoms. The zero-order chi connectivity index (χ0) is 9.28. The zero-order valence-corrected chi connectivity index (χ0v) is 18.7. The molecule has 0 aliphatic heterocycles. The van der Waals surface area contributed by atoms with Crippen LogP contribution in [0.3, 0.4) is 0 Å². The molecular weight excluding hydrogens is 292 g/mol. The summed E-state index contributed by atoms with van der Waals surface area (Å²) in [6.07, 6.45) is 0. The minimum Gasteiger partial charge on any atom is -0.374 e. The summed E-state index contributed by atoms with van der Waals surface area (Å²) >= 11 is 0.